The predicted octanol–water partition coefficient (Wildman–Crippen LogP) is 13.5. The summed E-state index contributed by atoms with van der Waals surface area (Å²) in [6, 6.07) is 57.3. The number of phenols is 2. The van der Waals surface area contributed by atoms with Crippen molar-refractivity contribution in [2.75, 3.05) is 13.2 Å². The summed E-state index contributed by atoms with van der Waals surface area (Å²) in [6.07, 6.45) is 1.52. The second-order valence-electron chi connectivity index (χ2n) is 15.5. The zero-order chi connectivity index (χ0) is 40.7. The molecule has 2 aromatic heterocycles. The molecule has 10 rings (SSSR count). The Morgan fingerprint density at radius 3 is 1.07 bits per heavy atom. The molecule has 6 nitrogen and oxygen atoms in total. The second-order valence-corrected chi connectivity index (χ2v) is 15.5. The second kappa shape index (κ2) is 15.4. The highest BCUT2D eigenvalue weighted by Gasteiger charge is 2.21. The first-order valence-corrected chi connectivity index (χ1v) is 20.5. The SMILES string of the molecule is Cc1cc(-c2ccccc2OCCCCOc2ccccc2-c2cc(C)cc(-n3c4ccccc4c4ccccc43)c2O)c(O)c(-n2c3ccccc3c3ccccc32)c1. The molecule has 0 aliphatic heterocycles. The summed E-state index contributed by atoms with van der Waals surface area (Å²) in [4.78, 5) is 0. The van der Waals surface area contributed by atoms with Crippen LogP contribution >= 0.6 is 0 Å². The Bertz CT molecular complexity index is 2900. The van der Waals surface area contributed by atoms with Crippen molar-refractivity contribution in [3.8, 4) is 56.6 Å². The standard InChI is InChI=1S/C54H44N2O4/c1-35-31-43(53(57)49(33-35)55-45-23-9-3-17-37(45)38-18-4-10-24-46(38)55)41-21-7-13-27-51(41)59-29-15-16-30-60-52-28-14-8-22-42(52)44-32-36(2)34-50(54(44)58)56-47-25-11-5-19-39(47)40-20-6-12-26-48(40)56/h3-14,17-28,31-34,57-58H,15-16,29-30H2,1-2H3. The first-order chi connectivity index (χ1) is 29.5. The molecule has 0 bridgehead atoms. The highest BCUT2D eigenvalue weighted by molar-refractivity contribution is 6.10. The van der Waals surface area contributed by atoms with E-state index in [2.05, 4.69) is 95.8 Å². The van der Waals surface area contributed by atoms with Gasteiger partial charge in [0.1, 0.15) is 23.0 Å². The minimum absolute atomic E-state index is 0.206. The fourth-order valence-corrected chi connectivity index (χ4v) is 8.83. The maximum absolute atomic E-state index is 12.0. The van der Waals surface area contributed by atoms with Gasteiger partial charge in [0.15, 0.2) is 0 Å². The van der Waals surface area contributed by atoms with E-state index in [1.165, 1.54) is 0 Å². The van der Waals surface area contributed by atoms with Gasteiger partial charge in [0.25, 0.3) is 0 Å². The van der Waals surface area contributed by atoms with E-state index in [9.17, 15) is 10.2 Å². The molecule has 0 fully saturated rings. The number of unbranched alkanes of at least 4 members (excludes halogenated alkanes) is 1. The van der Waals surface area contributed by atoms with Crippen LogP contribution in [-0.4, -0.2) is 32.6 Å². The molecule has 0 aliphatic rings. The number of fused-ring (bicyclic) bond motifs is 6. The lowest BCUT2D eigenvalue weighted by Crippen LogP contribution is -2.04. The largest absolute Gasteiger partial charge is 0.505 e. The van der Waals surface area contributed by atoms with Gasteiger partial charge in [-0.25, -0.2) is 0 Å². The molecule has 60 heavy (non-hydrogen) atoms. The maximum atomic E-state index is 12.0. The summed E-state index contributed by atoms with van der Waals surface area (Å²) in [5.41, 5.74) is 10.8. The number of hydrogen-bond acceptors (Lipinski definition) is 4. The number of aryl methyl sites for hydroxylation is 2. The molecule has 0 atom stereocenters. The molecule has 0 unspecified atom stereocenters. The fraction of sp³-hybridized carbons (Fsp3) is 0.111. The van der Waals surface area contributed by atoms with Gasteiger partial charge in [-0.3, -0.25) is 0 Å². The summed E-state index contributed by atoms with van der Waals surface area (Å²) in [5, 5.41) is 28.6. The molecule has 2 heterocycles. The van der Waals surface area contributed by atoms with Gasteiger partial charge in [0.2, 0.25) is 0 Å². The molecule has 294 valence electrons. The van der Waals surface area contributed by atoms with Gasteiger partial charge in [-0.2, -0.15) is 0 Å². The van der Waals surface area contributed by atoms with E-state index in [0.29, 0.717) is 24.7 Å². The van der Waals surface area contributed by atoms with Gasteiger partial charge >= 0.3 is 0 Å². The molecule has 6 heteroatoms. The topological polar surface area (TPSA) is 68.8 Å². The number of nitrogens with zero attached hydrogens (tertiary/aromatic N) is 2. The third kappa shape index (κ3) is 6.38. The first kappa shape index (κ1) is 36.9. The molecule has 0 saturated heterocycles. The van der Waals surface area contributed by atoms with E-state index < -0.39 is 0 Å². The van der Waals surface area contributed by atoms with Crippen LogP contribution in [0.3, 0.4) is 0 Å². The molecule has 0 aliphatic carbocycles. The Morgan fingerprint density at radius 2 is 0.700 bits per heavy atom. The number of aromatic nitrogens is 2. The molecular weight excluding hydrogens is 741 g/mol. The Morgan fingerprint density at radius 1 is 0.383 bits per heavy atom. The lowest BCUT2D eigenvalue weighted by Gasteiger charge is -2.18. The molecule has 0 amide bonds. The zero-order valence-electron chi connectivity index (χ0n) is 33.6. The number of aromatic hydroxyl groups is 2. The van der Waals surface area contributed by atoms with Crippen molar-refractivity contribution in [1.82, 2.24) is 9.13 Å². The van der Waals surface area contributed by atoms with Gasteiger partial charge < -0.3 is 28.8 Å². The monoisotopic (exact) mass is 784 g/mol. The van der Waals surface area contributed by atoms with E-state index >= 15 is 0 Å². The van der Waals surface area contributed by atoms with Crippen LogP contribution in [0.1, 0.15) is 24.0 Å². The van der Waals surface area contributed by atoms with Gasteiger partial charge in [0, 0.05) is 43.8 Å². The summed E-state index contributed by atoms with van der Waals surface area (Å²) >= 11 is 0. The Hall–Kier alpha value is -7.44. The third-order valence-corrected chi connectivity index (χ3v) is 11.5. The fourth-order valence-electron chi connectivity index (χ4n) is 8.83. The van der Waals surface area contributed by atoms with Crippen LogP contribution in [-0.2, 0) is 0 Å². The minimum atomic E-state index is 0.206. The van der Waals surface area contributed by atoms with Crippen LogP contribution in [0, 0.1) is 13.8 Å². The van der Waals surface area contributed by atoms with Crippen molar-refractivity contribution in [1.29, 1.82) is 0 Å². The summed E-state index contributed by atoms with van der Waals surface area (Å²) < 4.78 is 17.2. The lowest BCUT2D eigenvalue weighted by atomic mass is 9.99. The van der Waals surface area contributed by atoms with E-state index in [1.807, 2.05) is 97.1 Å². The number of ether oxygens (including phenoxy) is 2. The van der Waals surface area contributed by atoms with Gasteiger partial charge in [-0.1, -0.05) is 109 Å². The highest BCUT2D eigenvalue weighted by atomic mass is 16.5. The van der Waals surface area contributed by atoms with E-state index in [4.69, 9.17) is 9.47 Å². The van der Waals surface area contributed by atoms with Crippen LogP contribution in [0.25, 0.3) is 77.2 Å². The molecule has 0 spiro atoms. The van der Waals surface area contributed by atoms with Crippen molar-refractivity contribution in [2.24, 2.45) is 0 Å². The van der Waals surface area contributed by atoms with Gasteiger partial charge in [-0.05, 0) is 98.5 Å². The Balaban J connectivity index is 0.866. The molecule has 0 radical (unpaired) electrons. The number of hydrogen-bond donors (Lipinski definition) is 2. The molecule has 2 N–H and O–H groups in total. The first-order valence-electron chi connectivity index (χ1n) is 20.5. The van der Waals surface area contributed by atoms with Crippen LogP contribution < -0.4 is 9.47 Å². The van der Waals surface area contributed by atoms with E-state index in [0.717, 1.165) is 101 Å². The number of phenolic OH excluding ortho intramolecular Hbond substituents is 2. The predicted molar refractivity (Wildman–Crippen MR) is 245 cm³/mol. The smallest absolute Gasteiger partial charge is 0.147 e. The van der Waals surface area contributed by atoms with Gasteiger partial charge in [0.05, 0.1) is 46.7 Å². The summed E-state index contributed by atoms with van der Waals surface area (Å²) in [7, 11) is 0. The van der Waals surface area contributed by atoms with Crippen molar-refractivity contribution in [3.05, 3.63) is 181 Å². The molecule has 10 aromatic rings. The summed E-state index contributed by atoms with van der Waals surface area (Å²) in [6.45, 7) is 5.09. The third-order valence-electron chi connectivity index (χ3n) is 11.5. The normalized spacial score (nSPS) is 11.6. The zero-order valence-corrected chi connectivity index (χ0v) is 33.6. The maximum Gasteiger partial charge on any atom is 0.147 e. The number of rotatable bonds is 11. The Labute approximate surface area is 348 Å². The lowest BCUT2D eigenvalue weighted by molar-refractivity contribution is 0.267. The van der Waals surface area contributed by atoms with E-state index in [1.54, 1.807) is 0 Å². The Kier molecular flexibility index (Phi) is 9.45. The molecular formula is C54H44N2O4. The van der Waals surface area contributed by atoms with Gasteiger partial charge in [-0.15, -0.1) is 0 Å². The quantitative estimate of drug-likeness (QED) is 0.128. The van der Waals surface area contributed by atoms with Crippen LogP contribution in [0.5, 0.6) is 23.0 Å². The molecule has 0 saturated carbocycles. The number of benzene rings is 8. The summed E-state index contributed by atoms with van der Waals surface area (Å²) in [5.74, 6) is 1.84. The molecule has 8 aromatic carbocycles. The van der Waals surface area contributed by atoms with Crippen LogP contribution in [0.4, 0.5) is 0 Å². The van der Waals surface area contributed by atoms with Crippen LogP contribution in [0.2, 0.25) is 0 Å². The van der Waals surface area contributed by atoms with Crippen molar-refractivity contribution >= 4 is 43.6 Å². The minimum Gasteiger partial charge on any atom is -0.505 e. The van der Waals surface area contributed by atoms with Crippen molar-refractivity contribution < 1.29 is 19.7 Å². The average Bonchev–Trinajstić information content (AvgIpc) is 3.79. The van der Waals surface area contributed by atoms with Crippen LogP contribution in [0.15, 0.2) is 170 Å². The highest BCUT2D eigenvalue weighted by Crippen LogP contribution is 2.45. The van der Waals surface area contributed by atoms with Crippen molar-refractivity contribution in [3.63, 3.8) is 0 Å². The van der Waals surface area contributed by atoms with E-state index in [-0.39, 0.29) is 11.5 Å². The van der Waals surface area contributed by atoms with Crippen molar-refractivity contribution in [2.45, 2.75) is 26.7 Å². The number of para-hydroxylation sites is 6. The average molecular weight is 785 g/mol.